The maximum absolute atomic E-state index is 11.7. The van der Waals surface area contributed by atoms with Gasteiger partial charge in [-0.05, 0) is 26.0 Å². The van der Waals surface area contributed by atoms with Gasteiger partial charge < -0.3 is 14.6 Å². The molecule has 2 N–H and O–H groups in total. The van der Waals surface area contributed by atoms with E-state index < -0.39 is 5.79 Å². The van der Waals surface area contributed by atoms with E-state index in [-0.39, 0.29) is 18.1 Å². The summed E-state index contributed by atoms with van der Waals surface area (Å²) in [6.45, 7) is 4.61. The lowest BCUT2D eigenvalue weighted by Crippen LogP contribution is -2.33. The highest BCUT2D eigenvalue weighted by Crippen LogP contribution is 2.22. The van der Waals surface area contributed by atoms with Crippen molar-refractivity contribution in [1.29, 1.82) is 0 Å². The SMILES string of the molecule is Cc1ccc(O)c(/C=N\NC(=O)CC2(C)OCCO2)c1. The molecule has 0 spiro atoms. The molecule has 0 aliphatic carbocycles. The first-order valence-corrected chi connectivity index (χ1v) is 6.38. The minimum atomic E-state index is -0.870. The second-order valence-corrected chi connectivity index (χ2v) is 4.86. The fourth-order valence-electron chi connectivity index (χ4n) is 1.94. The summed E-state index contributed by atoms with van der Waals surface area (Å²) in [6, 6.07) is 5.15. The Kier molecular flexibility index (Phi) is 4.36. The Labute approximate surface area is 117 Å². The Hall–Kier alpha value is -1.92. The molecule has 1 heterocycles. The van der Waals surface area contributed by atoms with Crippen molar-refractivity contribution in [3.63, 3.8) is 0 Å². The van der Waals surface area contributed by atoms with Crippen molar-refractivity contribution in [1.82, 2.24) is 5.43 Å². The normalized spacial score (nSPS) is 17.5. The van der Waals surface area contributed by atoms with Crippen molar-refractivity contribution in [3.8, 4) is 5.75 Å². The predicted octanol–water partition coefficient (Wildman–Crippen LogP) is 1.30. The van der Waals surface area contributed by atoms with Crippen molar-refractivity contribution in [2.45, 2.75) is 26.1 Å². The fraction of sp³-hybridized carbons (Fsp3) is 0.429. The van der Waals surface area contributed by atoms with Gasteiger partial charge in [-0.25, -0.2) is 5.43 Å². The van der Waals surface area contributed by atoms with Crippen molar-refractivity contribution in [2.24, 2.45) is 5.10 Å². The lowest BCUT2D eigenvalue weighted by atomic mass is 10.1. The van der Waals surface area contributed by atoms with Gasteiger partial charge in [0.05, 0.1) is 25.8 Å². The van der Waals surface area contributed by atoms with E-state index in [4.69, 9.17) is 9.47 Å². The van der Waals surface area contributed by atoms with Gasteiger partial charge in [0, 0.05) is 5.56 Å². The molecular weight excluding hydrogens is 260 g/mol. The Balaban J connectivity index is 1.89. The van der Waals surface area contributed by atoms with E-state index in [2.05, 4.69) is 10.5 Å². The van der Waals surface area contributed by atoms with Crippen LogP contribution in [0.4, 0.5) is 0 Å². The molecule has 0 saturated carbocycles. The van der Waals surface area contributed by atoms with E-state index in [1.165, 1.54) is 6.21 Å². The molecule has 1 fully saturated rings. The summed E-state index contributed by atoms with van der Waals surface area (Å²) in [6.07, 6.45) is 1.48. The molecule has 2 rings (SSSR count). The first kappa shape index (κ1) is 14.5. The van der Waals surface area contributed by atoms with Crippen LogP contribution in [0.2, 0.25) is 0 Å². The van der Waals surface area contributed by atoms with Crippen LogP contribution >= 0.6 is 0 Å². The van der Waals surface area contributed by atoms with Gasteiger partial charge in [-0.1, -0.05) is 11.6 Å². The van der Waals surface area contributed by atoms with Gasteiger partial charge in [0.2, 0.25) is 5.91 Å². The van der Waals surface area contributed by atoms with Gasteiger partial charge in [0.15, 0.2) is 5.79 Å². The molecule has 1 amide bonds. The molecule has 0 bridgehead atoms. The third-order valence-electron chi connectivity index (χ3n) is 2.96. The lowest BCUT2D eigenvalue weighted by molar-refractivity contribution is -0.159. The fourth-order valence-corrected chi connectivity index (χ4v) is 1.94. The minimum Gasteiger partial charge on any atom is -0.507 e. The number of nitrogens with zero attached hydrogens (tertiary/aromatic N) is 1. The molecule has 6 heteroatoms. The van der Waals surface area contributed by atoms with Gasteiger partial charge in [-0.3, -0.25) is 4.79 Å². The van der Waals surface area contributed by atoms with E-state index in [1.807, 2.05) is 6.92 Å². The molecule has 6 nitrogen and oxygen atoms in total. The average Bonchev–Trinajstić information content (AvgIpc) is 2.80. The number of amides is 1. The molecule has 20 heavy (non-hydrogen) atoms. The Morgan fingerprint density at radius 1 is 1.50 bits per heavy atom. The van der Waals surface area contributed by atoms with Crippen LogP contribution in [-0.4, -0.2) is 36.2 Å². The highest BCUT2D eigenvalue weighted by Gasteiger charge is 2.33. The van der Waals surface area contributed by atoms with Crippen LogP contribution in [0.1, 0.15) is 24.5 Å². The van der Waals surface area contributed by atoms with Crippen molar-refractivity contribution in [3.05, 3.63) is 29.3 Å². The number of benzene rings is 1. The zero-order valence-corrected chi connectivity index (χ0v) is 11.5. The smallest absolute Gasteiger partial charge is 0.245 e. The van der Waals surface area contributed by atoms with Crippen LogP contribution < -0.4 is 5.43 Å². The topological polar surface area (TPSA) is 80.2 Å². The number of carbonyl (C=O) groups is 1. The summed E-state index contributed by atoms with van der Waals surface area (Å²) in [7, 11) is 0. The lowest BCUT2D eigenvalue weighted by Gasteiger charge is -2.20. The number of aryl methyl sites for hydroxylation is 1. The number of ether oxygens (including phenoxy) is 2. The summed E-state index contributed by atoms with van der Waals surface area (Å²) < 4.78 is 10.7. The van der Waals surface area contributed by atoms with Crippen LogP contribution in [0.15, 0.2) is 23.3 Å². The number of aromatic hydroxyl groups is 1. The number of rotatable bonds is 4. The number of hydrogen-bond donors (Lipinski definition) is 2. The zero-order valence-electron chi connectivity index (χ0n) is 11.5. The van der Waals surface area contributed by atoms with Gasteiger partial charge in [-0.15, -0.1) is 0 Å². The molecule has 108 valence electrons. The Bertz CT molecular complexity index is 522. The predicted molar refractivity (Wildman–Crippen MR) is 73.5 cm³/mol. The molecule has 1 aromatic carbocycles. The quantitative estimate of drug-likeness (QED) is 0.642. The third-order valence-corrected chi connectivity index (χ3v) is 2.96. The van der Waals surface area contributed by atoms with Crippen LogP contribution in [0.5, 0.6) is 5.75 Å². The monoisotopic (exact) mass is 278 g/mol. The maximum atomic E-state index is 11.7. The number of hydrogen-bond acceptors (Lipinski definition) is 5. The molecule has 1 aliphatic rings. The Morgan fingerprint density at radius 2 is 2.20 bits per heavy atom. The van der Waals surface area contributed by atoms with E-state index in [0.717, 1.165) is 5.56 Å². The number of carbonyl (C=O) groups excluding carboxylic acids is 1. The maximum Gasteiger partial charge on any atom is 0.245 e. The van der Waals surface area contributed by atoms with Crippen LogP contribution in [-0.2, 0) is 14.3 Å². The molecule has 1 saturated heterocycles. The highest BCUT2D eigenvalue weighted by molar-refractivity contribution is 5.85. The van der Waals surface area contributed by atoms with Crippen LogP contribution in [0.3, 0.4) is 0 Å². The first-order chi connectivity index (χ1) is 9.48. The van der Waals surface area contributed by atoms with E-state index >= 15 is 0 Å². The summed E-state index contributed by atoms with van der Waals surface area (Å²) >= 11 is 0. The largest absolute Gasteiger partial charge is 0.507 e. The third kappa shape index (κ3) is 3.79. The first-order valence-electron chi connectivity index (χ1n) is 6.38. The second kappa shape index (κ2) is 6.02. The summed E-state index contributed by atoms with van der Waals surface area (Å²) in [5, 5.41) is 13.4. The zero-order chi connectivity index (χ0) is 14.6. The van der Waals surface area contributed by atoms with Gasteiger partial charge in [-0.2, -0.15) is 5.10 Å². The molecular formula is C14H18N2O4. The highest BCUT2D eigenvalue weighted by atomic mass is 16.7. The summed E-state index contributed by atoms with van der Waals surface area (Å²) in [5.41, 5.74) is 3.93. The van der Waals surface area contributed by atoms with E-state index in [0.29, 0.717) is 18.8 Å². The van der Waals surface area contributed by atoms with Crippen LogP contribution in [0.25, 0.3) is 0 Å². The van der Waals surface area contributed by atoms with Gasteiger partial charge in [0.25, 0.3) is 0 Å². The summed E-state index contributed by atoms with van der Waals surface area (Å²) in [5.74, 6) is -1.06. The Morgan fingerprint density at radius 3 is 2.90 bits per heavy atom. The number of phenolic OH excluding ortho intramolecular Hbond substituents is 1. The van der Waals surface area contributed by atoms with Crippen molar-refractivity contribution >= 4 is 12.1 Å². The minimum absolute atomic E-state index is 0.0736. The molecule has 0 aromatic heterocycles. The molecule has 0 atom stereocenters. The molecule has 1 aliphatic heterocycles. The van der Waals surface area contributed by atoms with Crippen molar-refractivity contribution < 1.29 is 19.4 Å². The summed E-state index contributed by atoms with van der Waals surface area (Å²) in [4.78, 5) is 11.7. The van der Waals surface area contributed by atoms with Crippen LogP contribution in [0, 0.1) is 6.92 Å². The van der Waals surface area contributed by atoms with E-state index in [1.54, 1.807) is 25.1 Å². The molecule has 0 radical (unpaired) electrons. The van der Waals surface area contributed by atoms with Crippen molar-refractivity contribution in [2.75, 3.05) is 13.2 Å². The standard InChI is InChI=1S/C14H18N2O4/c1-10-3-4-12(17)11(7-10)9-15-16-13(18)8-14(2)19-5-6-20-14/h3-4,7,9,17H,5-6,8H2,1-2H3,(H,16,18)/b15-9-. The second-order valence-electron chi connectivity index (χ2n) is 4.86. The van der Waals surface area contributed by atoms with Gasteiger partial charge >= 0.3 is 0 Å². The number of hydrazone groups is 1. The molecule has 1 aromatic rings. The van der Waals surface area contributed by atoms with Gasteiger partial charge in [0.1, 0.15) is 5.75 Å². The number of phenols is 1. The molecule has 0 unspecified atom stereocenters. The van der Waals surface area contributed by atoms with E-state index in [9.17, 15) is 9.90 Å². The number of nitrogens with one attached hydrogen (secondary N) is 1. The average molecular weight is 278 g/mol.